The van der Waals surface area contributed by atoms with Gasteiger partial charge in [0.05, 0.1) is 4.90 Å². The molecule has 0 bridgehead atoms. The van der Waals surface area contributed by atoms with Crippen LogP contribution >= 0.6 is 11.3 Å². The number of carbonyl (C=O) groups excluding carboxylic acids is 1. The zero-order chi connectivity index (χ0) is 19.6. The van der Waals surface area contributed by atoms with Crippen LogP contribution in [0.1, 0.15) is 35.9 Å². The van der Waals surface area contributed by atoms with Gasteiger partial charge in [-0.15, -0.1) is 10.2 Å². The summed E-state index contributed by atoms with van der Waals surface area (Å²) in [6.07, 6.45) is 1.77. The molecule has 9 heteroatoms. The molecule has 0 unspecified atom stereocenters. The fourth-order valence-electron chi connectivity index (χ4n) is 3.14. The molecule has 146 valence electrons. The lowest BCUT2D eigenvalue weighted by Gasteiger charge is -2.30. The first-order valence-electron chi connectivity index (χ1n) is 9.02. The molecule has 1 N–H and O–H groups in total. The summed E-state index contributed by atoms with van der Waals surface area (Å²) < 4.78 is 27.4. The van der Waals surface area contributed by atoms with Crippen LogP contribution in [0.2, 0.25) is 0 Å². The summed E-state index contributed by atoms with van der Waals surface area (Å²) in [5.41, 5.74) is 1.65. The summed E-state index contributed by atoms with van der Waals surface area (Å²) in [7, 11) is -3.54. The van der Waals surface area contributed by atoms with Crippen LogP contribution in [-0.2, 0) is 21.2 Å². The Bertz CT molecular complexity index is 932. The Kier molecular flexibility index (Phi) is 5.92. The van der Waals surface area contributed by atoms with Crippen molar-refractivity contribution in [2.75, 3.05) is 18.4 Å². The van der Waals surface area contributed by atoms with Gasteiger partial charge in [0, 0.05) is 19.0 Å². The lowest BCUT2D eigenvalue weighted by atomic mass is 9.97. The molecule has 2 aromatic rings. The van der Waals surface area contributed by atoms with E-state index in [1.807, 2.05) is 26.0 Å². The van der Waals surface area contributed by atoms with Gasteiger partial charge in [0.15, 0.2) is 0 Å². The summed E-state index contributed by atoms with van der Waals surface area (Å²) in [6.45, 7) is 6.35. The number of nitrogens with zero attached hydrogens (tertiary/aromatic N) is 3. The number of sulfonamides is 1. The number of piperidine rings is 1. The van der Waals surface area contributed by atoms with Crippen molar-refractivity contribution in [1.29, 1.82) is 0 Å². The topological polar surface area (TPSA) is 92.3 Å². The predicted molar refractivity (Wildman–Crippen MR) is 105 cm³/mol. The molecule has 1 aliphatic heterocycles. The highest BCUT2D eigenvalue weighted by molar-refractivity contribution is 7.89. The van der Waals surface area contributed by atoms with Gasteiger partial charge in [-0.2, -0.15) is 4.31 Å². The Labute approximate surface area is 163 Å². The Balaban J connectivity index is 1.64. The minimum atomic E-state index is -3.54. The van der Waals surface area contributed by atoms with Crippen LogP contribution in [0, 0.1) is 19.8 Å². The molecule has 2 heterocycles. The molecule has 0 atom stereocenters. The summed E-state index contributed by atoms with van der Waals surface area (Å²) >= 11 is 1.37. The Hall–Kier alpha value is -1.84. The number of amides is 1. The van der Waals surface area contributed by atoms with Gasteiger partial charge in [-0.05, 0) is 50.3 Å². The highest BCUT2D eigenvalue weighted by Gasteiger charge is 2.33. The number of aromatic nitrogens is 2. The maximum atomic E-state index is 13.0. The van der Waals surface area contributed by atoms with Crippen LogP contribution in [-0.4, -0.2) is 41.9 Å². The van der Waals surface area contributed by atoms with Gasteiger partial charge in [0.25, 0.3) is 0 Å². The molecule has 0 saturated carbocycles. The van der Waals surface area contributed by atoms with Crippen molar-refractivity contribution < 1.29 is 13.2 Å². The third-order valence-corrected chi connectivity index (χ3v) is 7.81. The molecular weight excluding hydrogens is 384 g/mol. The number of anilines is 1. The van der Waals surface area contributed by atoms with Gasteiger partial charge in [-0.25, -0.2) is 8.42 Å². The first kappa shape index (κ1) is 19.9. The van der Waals surface area contributed by atoms with E-state index < -0.39 is 10.0 Å². The van der Waals surface area contributed by atoms with Crippen molar-refractivity contribution in [3.8, 4) is 0 Å². The zero-order valence-electron chi connectivity index (χ0n) is 15.7. The fraction of sp³-hybridized carbons (Fsp3) is 0.500. The third kappa shape index (κ3) is 4.36. The second-order valence-corrected chi connectivity index (χ2v) is 9.76. The first-order chi connectivity index (χ1) is 12.8. The molecule has 1 fully saturated rings. The van der Waals surface area contributed by atoms with Crippen molar-refractivity contribution in [3.05, 3.63) is 34.3 Å². The van der Waals surface area contributed by atoms with E-state index >= 15 is 0 Å². The lowest BCUT2D eigenvalue weighted by Crippen LogP contribution is -2.41. The molecule has 27 heavy (non-hydrogen) atoms. The standard InChI is InChI=1S/C18H24N4O3S2/c1-4-16-20-21-18(26-16)19-17(23)14-7-9-22(10-8-14)27(24,25)15-11-12(2)5-6-13(15)3/h5-6,11,14H,4,7-10H2,1-3H3,(H,19,21,23). The van der Waals surface area contributed by atoms with Gasteiger partial charge in [-0.3, -0.25) is 4.79 Å². The van der Waals surface area contributed by atoms with Crippen molar-refractivity contribution in [3.63, 3.8) is 0 Å². The van der Waals surface area contributed by atoms with Crippen LogP contribution in [0.5, 0.6) is 0 Å². The van der Waals surface area contributed by atoms with E-state index in [9.17, 15) is 13.2 Å². The van der Waals surface area contributed by atoms with E-state index in [2.05, 4.69) is 15.5 Å². The lowest BCUT2D eigenvalue weighted by molar-refractivity contribution is -0.120. The van der Waals surface area contributed by atoms with Gasteiger partial charge < -0.3 is 5.32 Å². The number of hydrogen-bond acceptors (Lipinski definition) is 6. The molecule has 1 amide bonds. The van der Waals surface area contributed by atoms with Gasteiger partial charge in [0.2, 0.25) is 21.1 Å². The molecule has 7 nitrogen and oxygen atoms in total. The van der Waals surface area contributed by atoms with Gasteiger partial charge in [-0.1, -0.05) is 30.4 Å². The maximum Gasteiger partial charge on any atom is 0.243 e. The number of aryl methyl sites for hydroxylation is 3. The zero-order valence-corrected chi connectivity index (χ0v) is 17.4. The Morgan fingerprint density at radius 2 is 1.96 bits per heavy atom. The Morgan fingerprint density at radius 1 is 1.26 bits per heavy atom. The number of rotatable bonds is 5. The van der Waals surface area contributed by atoms with Crippen LogP contribution in [0.4, 0.5) is 5.13 Å². The number of carbonyl (C=O) groups is 1. The molecular formula is C18H24N4O3S2. The van der Waals surface area contributed by atoms with E-state index in [4.69, 9.17) is 0 Å². The van der Waals surface area contributed by atoms with E-state index in [0.717, 1.165) is 22.6 Å². The van der Waals surface area contributed by atoms with Crippen molar-refractivity contribution in [1.82, 2.24) is 14.5 Å². The molecule has 0 aliphatic carbocycles. The molecule has 0 radical (unpaired) electrons. The van der Waals surface area contributed by atoms with Gasteiger partial charge in [0.1, 0.15) is 5.01 Å². The summed E-state index contributed by atoms with van der Waals surface area (Å²) in [5, 5.41) is 12.1. The maximum absolute atomic E-state index is 13.0. The number of hydrogen-bond donors (Lipinski definition) is 1. The highest BCUT2D eigenvalue weighted by Crippen LogP contribution is 2.27. The van der Waals surface area contributed by atoms with E-state index in [1.54, 1.807) is 13.0 Å². The van der Waals surface area contributed by atoms with Crippen LogP contribution < -0.4 is 5.32 Å². The largest absolute Gasteiger partial charge is 0.300 e. The molecule has 1 aromatic carbocycles. The number of benzene rings is 1. The minimum absolute atomic E-state index is 0.113. The van der Waals surface area contributed by atoms with Crippen LogP contribution in [0.15, 0.2) is 23.1 Å². The normalized spacial score (nSPS) is 16.4. The van der Waals surface area contributed by atoms with Crippen molar-refractivity contribution in [2.45, 2.75) is 44.9 Å². The van der Waals surface area contributed by atoms with Crippen molar-refractivity contribution in [2.24, 2.45) is 5.92 Å². The predicted octanol–water partition coefficient (Wildman–Crippen LogP) is 2.76. The third-order valence-electron chi connectivity index (χ3n) is 4.79. The average Bonchev–Trinajstić information content (AvgIpc) is 3.11. The molecule has 1 aromatic heterocycles. The second-order valence-electron chi connectivity index (χ2n) is 6.79. The highest BCUT2D eigenvalue weighted by atomic mass is 32.2. The SMILES string of the molecule is CCc1nnc(NC(=O)C2CCN(S(=O)(=O)c3cc(C)ccc3C)CC2)s1. The van der Waals surface area contributed by atoms with Crippen LogP contribution in [0.25, 0.3) is 0 Å². The van der Waals surface area contributed by atoms with E-state index in [0.29, 0.717) is 36.0 Å². The fourth-order valence-corrected chi connectivity index (χ4v) is 5.60. The van der Waals surface area contributed by atoms with Gasteiger partial charge >= 0.3 is 0 Å². The monoisotopic (exact) mass is 408 g/mol. The molecule has 1 saturated heterocycles. The summed E-state index contributed by atoms with van der Waals surface area (Å²) in [4.78, 5) is 12.8. The minimum Gasteiger partial charge on any atom is -0.300 e. The van der Waals surface area contributed by atoms with E-state index in [1.165, 1.54) is 15.6 Å². The summed E-state index contributed by atoms with van der Waals surface area (Å²) in [5.74, 6) is -0.332. The smallest absolute Gasteiger partial charge is 0.243 e. The van der Waals surface area contributed by atoms with Crippen LogP contribution in [0.3, 0.4) is 0 Å². The molecule has 1 aliphatic rings. The average molecular weight is 409 g/mol. The molecule has 0 spiro atoms. The number of nitrogens with one attached hydrogen (secondary N) is 1. The second kappa shape index (κ2) is 8.04. The molecule has 3 rings (SSSR count). The van der Waals surface area contributed by atoms with Crippen molar-refractivity contribution >= 4 is 32.4 Å². The van der Waals surface area contributed by atoms with E-state index in [-0.39, 0.29) is 11.8 Å². The quantitative estimate of drug-likeness (QED) is 0.821. The summed E-state index contributed by atoms with van der Waals surface area (Å²) in [6, 6.07) is 5.45. The Morgan fingerprint density at radius 3 is 2.59 bits per heavy atom. The first-order valence-corrected chi connectivity index (χ1v) is 11.3.